The smallest absolute Gasteiger partial charge is 0.328 e. The Morgan fingerprint density at radius 3 is 2.09 bits per heavy atom. The molecule has 3 aromatic rings. The topological polar surface area (TPSA) is 134 Å². The van der Waals surface area contributed by atoms with Crippen molar-refractivity contribution in [2.75, 3.05) is 11.9 Å². The molecule has 0 aliphatic rings. The van der Waals surface area contributed by atoms with Crippen LogP contribution >= 0.6 is 11.6 Å². The molecule has 0 saturated carbocycles. The van der Waals surface area contributed by atoms with E-state index in [0.717, 1.165) is 25.0 Å². The number of hydrogen-bond donors (Lipinski definition) is 4. The van der Waals surface area contributed by atoms with Gasteiger partial charge in [0.1, 0.15) is 16.8 Å². The molecule has 10 nitrogen and oxygen atoms in total. The Labute approximate surface area is 279 Å². The number of carbonyl (C=O) groups excluding carboxylic acids is 2. The van der Waals surface area contributed by atoms with E-state index in [4.69, 9.17) is 16.3 Å². The first-order valence-corrected chi connectivity index (χ1v) is 17.6. The van der Waals surface area contributed by atoms with Crippen LogP contribution in [0.1, 0.15) is 137 Å². The van der Waals surface area contributed by atoms with Crippen LogP contribution in [0.15, 0.2) is 18.2 Å². The summed E-state index contributed by atoms with van der Waals surface area (Å²) in [4.78, 5) is 30.2. The molecule has 0 aliphatic heterocycles. The van der Waals surface area contributed by atoms with Crippen LogP contribution < -0.4 is 10.6 Å². The maximum Gasteiger partial charge on any atom is 0.328 e. The SMILES string of the molecule is CCCCCCCCCCCCCCCCOC(=O)C(CC)NC(=O)Nc1ccc(O)cc1-c1nc2c(Cl)c(C(C)(C)C)[nH]n2n1. The van der Waals surface area contributed by atoms with Crippen molar-refractivity contribution in [2.45, 2.75) is 142 Å². The number of carbonyl (C=O) groups is 2. The number of rotatable bonds is 20. The number of aromatic nitrogens is 4. The molecule has 0 aliphatic carbocycles. The molecule has 2 heterocycles. The molecule has 1 atom stereocenters. The summed E-state index contributed by atoms with van der Waals surface area (Å²) in [5.41, 5.74) is 1.76. The molecule has 2 amide bonds. The van der Waals surface area contributed by atoms with E-state index in [1.54, 1.807) is 6.07 Å². The molecule has 1 aromatic carbocycles. The van der Waals surface area contributed by atoms with E-state index in [9.17, 15) is 14.7 Å². The predicted octanol–water partition coefficient (Wildman–Crippen LogP) is 9.31. The van der Waals surface area contributed by atoms with Crippen LogP contribution in [0.25, 0.3) is 17.0 Å². The molecule has 3 rings (SSSR count). The van der Waals surface area contributed by atoms with Crippen LogP contribution in [0.4, 0.5) is 10.5 Å². The Morgan fingerprint density at radius 2 is 1.54 bits per heavy atom. The quantitative estimate of drug-likeness (QED) is 0.0543. The third-order valence-electron chi connectivity index (χ3n) is 8.22. The fourth-order valence-corrected chi connectivity index (χ4v) is 5.90. The van der Waals surface area contributed by atoms with E-state index in [2.05, 4.69) is 32.7 Å². The maximum absolute atomic E-state index is 12.9. The number of aromatic amines is 1. The molecule has 0 fully saturated rings. The largest absolute Gasteiger partial charge is 0.508 e. The molecule has 46 heavy (non-hydrogen) atoms. The molecular formula is C35H55ClN6O4. The first-order valence-electron chi connectivity index (χ1n) is 17.3. The minimum Gasteiger partial charge on any atom is -0.508 e. The molecule has 4 N–H and O–H groups in total. The zero-order valence-electron chi connectivity index (χ0n) is 28.5. The van der Waals surface area contributed by atoms with Gasteiger partial charge in [-0.25, -0.2) is 14.6 Å². The van der Waals surface area contributed by atoms with Crippen molar-refractivity contribution >= 4 is 34.9 Å². The van der Waals surface area contributed by atoms with E-state index in [1.807, 2.05) is 27.7 Å². The molecule has 256 valence electrons. The fourth-order valence-electron chi connectivity index (χ4n) is 5.45. The fraction of sp³-hybridized carbons (Fsp3) is 0.657. The maximum atomic E-state index is 12.9. The Hall–Kier alpha value is -3.27. The first-order chi connectivity index (χ1) is 22.0. The second-order valence-corrected chi connectivity index (χ2v) is 13.7. The first kappa shape index (κ1) is 37.2. The number of H-pyrrole nitrogens is 1. The number of hydrogen-bond acceptors (Lipinski definition) is 6. The van der Waals surface area contributed by atoms with Crippen LogP contribution in [-0.2, 0) is 14.9 Å². The minimum absolute atomic E-state index is 0.0144. The highest BCUT2D eigenvalue weighted by atomic mass is 35.5. The number of unbranched alkanes of at least 4 members (excludes halogenated alkanes) is 13. The monoisotopic (exact) mass is 658 g/mol. The predicted molar refractivity (Wildman–Crippen MR) is 186 cm³/mol. The Bertz CT molecular complexity index is 1380. The van der Waals surface area contributed by atoms with Gasteiger partial charge in [-0.1, -0.05) is 130 Å². The summed E-state index contributed by atoms with van der Waals surface area (Å²) >= 11 is 6.58. The zero-order chi connectivity index (χ0) is 33.5. The molecular weight excluding hydrogens is 604 g/mol. The highest BCUT2D eigenvalue weighted by molar-refractivity contribution is 6.34. The number of phenols is 1. The summed E-state index contributed by atoms with van der Waals surface area (Å²) in [6.45, 7) is 10.5. The van der Waals surface area contributed by atoms with Gasteiger partial charge in [-0.15, -0.1) is 5.10 Å². The Kier molecular flexibility index (Phi) is 15.2. The van der Waals surface area contributed by atoms with Crippen molar-refractivity contribution in [2.24, 2.45) is 0 Å². The van der Waals surface area contributed by atoms with Crippen molar-refractivity contribution in [1.29, 1.82) is 0 Å². The van der Waals surface area contributed by atoms with E-state index < -0.39 is 18.0 Å². The Morgan fingerprint density at radius 1 is 0.957 bits per heavy atom. The van der Waals surface area contributed by atoms with Gasteiger partial charge in [-0.2, -0.15) is 4.63 Å². The van der Waals surface area contributed by atoms with Crippen LogP contribution in [0.2, 0.25) is 5.02 Å². The number of halogens is 1. The standard InChI is InChI=1S/C35H55ClN6O4/c1-6-8-9-10-11-12-13-14-15-16-17-18-19-20-23-46-33(44)27(7-2)37-34(45)38-28-22-21-25(43)24-26(28)31-39-32-29(36)30(35(3,4)5)40-42(32)41-31/h21-22,24,27,40,43H,6-20,23H2,1-5H3,(H2,37,38,45). The second-order valence-electron chi connectivity index (χ2n) is 13.3. The number of esters is 1. The summed E-state index contributed by atoms with van der Waals surface area (Å²) < 4.78 is 6.96. The van der Waals surface area contributed by atoms with Gasteiger partial charge < -0.3 is 20.5 Å². The van der Waals surface area contributed by atoms with Gasteiger partial charge in [0, 0.05) is 11.0 Å². The third kappa shape index (κ3) is 11.5. The van der Waals surface area contributed by atoms with Gasteiger partial charge in [-0.3, -0.25) is 5.10 Å². The van der Waals surface area contributed by atoms with Crippen molar-refractivity contribution in [1.82, 2.24) is 25.1 Å². The van der Waals surface area contributed by atoms with Crippen molar-refractivity contribution in [3.8, 4) is 17.1 Å². The number of urea groups is 1. The average molecular weight is 659 g/mol. The molecule has 0 radical (unpaired) electrons. The highest BCUT2D eigenvalue weighted by Crippen LogP contribution is 2.34. The summed E-state index contributed by atoms with van der Waals surface area (Å²) in [5.74, 6) is -0.202. The lowest BCUT2D eigenvalue weighted by Crippen LogP contribution is -2.43. The number of fused-ring (bicyclic) bond motifs is 1. The lowest BCUT2D eigenvalue weighted by molar-refractivity contribution is -0.146. The van der Waals surface area contributed by atoms with Crippen LogP contribution in [0.5, 0.6) is 5.75 Å². The summed E-state index contributed by atoms with van der Waals surface area (Å²) in [6.07, 6.45) is 18.1. The lowest BCUT2D eigenvalue weighted by Gasteiger charge is -2.17. The second kappa shape index (κ2) is 18.8. The van der Waals surface area contributed by atoms with Gasteiger partial charge >= 0.3 is 12.0 Å². The van der Waals surface area contributed by atoms with Crippen LogP contribution in [0, 0.1) is 0 Å². The number of nitrogens with zero attached hydrogens (tertiary/aromatic N) is 3. The van der Waals surface area contributed by atoms with E-state index in [0.29, 0.717) is 34.9 Å². The summed E-state index contributed by atoms with van der Waals surface area (Å²) in [6, 6.07) is 3.10. The van der Waals surface area contributed by atoms with Crippen molar-refractivity contribution in [3.05, 3.63) is 28.9 Å². The van der Waals surface area contributed by atoms with E-state index >= 15 is 0 Å². The molecule has 11 heteroatoms. The lowest BCUT2D eigenvalue weighted by atomic mass is 9.92. The number of anilines is 1. The molecule has 0 spiro atoms. The van der Waals surface area contributed by atoms with Crippen molar-refractivity contribution in [3.63, 3.8) is 0 Å². The Balaban J connectivity index is 1.40. The number of amides is 2. The molecule has 1 unspecified atom stereocenters. The number of ether oxygens (including phenoxy) is 1. The normalized spacial score (nSPS) is 12.4. The minimum atomic E-state index is -0.786. The van der Waals surface area contributed by atoms with Gasteiger partial charge in [0.25, 0.3) is 0 Å². The van der Waals surface area contributed by atoms with Gasteiger partial charge in [0.15, 0.2) is 11.5 Å². The number of phenolic OH excluding ortho intramolecular Hbond substituents is 1. The van der Waals surface area contributed by atoms with E-state index in [1.165, 1.54) is 87.4 Å². The van der Waals surface area contributed by atoms with E-state index in [-0.39, 0.29) is 17.0 Å². The molecule has 0 bridgehead atoms. The van der Waals surface area contributed by atoms with Gasteiger partial charge in [0.05, 0.1) is 18.0 Å². The van der Waals surface area contributed by atoms with Gasteiger partial charge in [-0.05, 0) is 31.0 Å². The molecule has 0 saturated heterocycles. The van der Waals surface area contributed by atoms with Gasteiger partial charge in [0.2, 0.25) is 0 Å². The number of aromatic hydroxyl groups is 1. The zero-order valence-corrected chi connectivity index (χ0v) is 29.3. The number of benzene rings is 1. The third-order valence-corrected chi connectivity index (χ3v) is 8.58. The molecule has 2 aromatic heterocycles. The summed E-state index contributed by atoms with van der Waals surface area (Å²) in [5, 5.41) is 23.7. The number of nitrogens with one attached hydrogen (secondary N) is 3. The van der Waals surface area contributed by atoms with Crippen LogP contribution in [-0.4, -0.2) is 49.6 Å². The summed E-state index contributed by atoms with van der Waals surface area (Å²) in [7, 11) is 0. The average Bonchev–Trinajstić information content (AvgIpc) is 3.57. The van der Waals surface area contributed by atoms with Crippen molar-refractivity contribution < 1.29 is 19.4 Å². The van der Waals surface area contributed by atoms with Crippen LogP contribution in [0.3, 0.4) is 0 Å². The highest BCUT2D eigenvalue weighted by Gasteiger charge is 2.26.